The Labute approximate surface area is 137 Å². The van der Waals surface area contributed by atoms with Crippen molar-refractivity contribution in [1.29, 1.82) is 0 Å². The third-order valence-electron chi connectivity index (χ3n) is 2.96. The molecule has 0 amide bonds. The lowest BCUT2D eigenvalue weighted by Crippen LogP contribution is -2.37. The average Bonchev–Trinajstić information content (AvgIpc) is 2.51. The molecule has 0 unspecified atom stereocenters. The van der Waals surface area contributed by atoms with E-state index in [9.17, 15) is 4.39 Å². The lowest BCUT2D eigenvalue weighted by Gasteiger charge is -2.11. The minimum Gasteiger partial charge on any atom is -0.382 e. The largest absolute Gasteiger partial charge is 0.382 e. The van der Waals surface area contributed by atoms with Crippen LogP contribution < -0.4 is 10.6 Å². The summed E-state index contributed by atoms with van der Waals surface area (Å²) in [5.41, 5.74) is 0.875. The van der Waals surface area contributed by atoms with Gasteiger partial charge in [-0.25, -0.2) is 9.38 Å². The highest BCUT2D eigenvalue weighted by Gasteiger charge is 2.01. The van der Waals surface area contributed by atoms with Gasteiger partial charge in [0.15, 0.2) is 5.96 Å². The van der Waals surface area contributed by atoms with Crippen molar-refractivity contribution in [3.8, 4) is 0 Å². The van der Waals surface area contributed by atoms with E-state index in [-0.39, 0.29) is 5.02 Å². The van der Waals surface area contributed by atoms with Gasteiger partial charge in [0.25, 0.3) is 0 Å². The number of aliphatic imine (C=N–C) groups is 1. The highest BCUT2D eigenvalue weighted by molar-refractivity contribution is 6.30. The van der Waals surface area contributed by atoms with Gasteiger partial charge in [0.1, 0.15) is 5.82 Å². The van der Waals surface area contributed by atoms with Gasteiger partial charge in [-0.05, 0) is 44.4 Å². The molecule has 0 fully saturated rings. The van der Waals surface area contributed by atoms with E-state index in [0.29, 0.717) is 6.54 Å². The zero-order chi connectivity index (χ0) is 16.2. The Bertz CT molecular complexity index is 469. The second-order valence-electron chi connectivity index (χ2n) is 4.77. The Kier molecular flexibility index (Phi) is 9.59. The van der Waals surface area contributed by atoms with Crippen molar-refractivity contribution in [1.82, 2.24) is 10.6 Å². The first-order chi connectivity index (χ1) is 10.7. The zero-order valence-electron chi connectivity index (χ0n) is 13.3. The highest BCUT2D eigenvalue weighted by atomic mass is 35.5. The maximum absolute atomic E-state index is 13.1. The van der Waals surface area contributed by atoms with E-state index in [1.807, 2.05) is 13.8 Å². The van der Waals surface area contributed by atoms with E-state index in [0.717, 1.165) is 50.7 Å². The Morgan fingerprint density at radius 3 is 2.77 bits per heavy atom. The molecule has 0 bridgehead atoms. The topological polar surface area (TPSA) is 45.7 Å². The number of benzene rings is 1. The fourth-order valence-electron chi connectivity index (χ4n) is 1.83. The first-order valence-electron chi connectivity index (χ1n) is 7.71. The van der Waals surface area contributed by atoms with Gasteiger partial charge in [-0.15, -0.1) is 0 Å². The van der Waals surface area contributed by atoms with Crippen LogP contribution in [0, 0.1) is 5.82 Å². The summed E-state index contributed by atoms with van der Waals surface area (Å²) in [6.07, 6.45) is 2.04. The van der Waals surface area contributed by atoms with Crippen molar-refractivity contribution in [2.24, 2.45) is 4.99 Å². The molecule has 0 radical (unpaired) electrons. The molecular weight excluding hydrogens is 305 g/mol. The predicted octanol–water partition coefficient (Wildman–Crippen LogP) is 3.35. The fraction of sp³-hybridized carbons (Fsp3) is 0.562. The molecule has 0 aromatic heterocycles. The third kappa shape index (κ3) is 7.61. The summed E-state index contributed by atoms with van der Waals surface area (Å²) in [6.45, 7) is 7.64. The van der Waals surface area contributed by atoms with Crippen LogP contribution >= 0.6 is 11.6 Å². The van der Waals surface area contributed by atoms with E-state index >= 15 is 0 Å². The molecule has 1 aromatic carbocycles. The molecular formula is C16H25ClFN3O. The van der Waals surface area contributed by atoms with Crippen LogP contribution in [0.1, 0.15) is 32.3 Å². The first-order valence-corrected chi connectivity index (χ1v) is 8.09. The Hall–Kier alpha value is -1.33. The van der Waals surface area contributed by atoms with E-state index in [4.69, 9.17) is 16.3 Å². The summed E-state index contributed by atoms with van der Waals surface area (Å²) in [5.74, 6) is 0.341. The van der Waals surface area contributed by atoms with Crippen LogP contribution in [0.25, 0.3) is 0 Å². The number of ether oxygens (including phenoxy) is 1. The quantitative estimate of drug-likeness (QED) is 0.415. The molecule has 0 spiro atoms. The van der Waals surface area contributed by atoms with Crippen molar-refractivity contribution < 1.29 is 9.13 Å². The Balaban J connectivity index is 2.42. The van der Waals surface area contributed by atoms with Crippen LogP contribution in [0.15, 0.2) is 23.2 Å². The predicted molar refractivity (Wildman–Crippen MR) is 90.0 cm³/mol. The van der Waals surface area contributed by atoms with Gasteiger partial charge >= 0.3 is 0 Å². The molecule has 0 heterocycles. The molecule has 0 aliphatic heterocycles. The van der Waals surface area contributed by atoms with E-state index in [1.165, 1.54) is 6.07 Å². The average molecular weight is 330 g/mol. The third-order valence-corrected chi connectivity index (χ3v) is 3.25. The zero-order valence-corrected chi connectivity index (χ0v) is 14.0. The van der Waals surface area contributed by atoms with Gasteiger partial charge in [0.05, 0.1) is 11.6 Å². The van der Waals surface area contributed by atoms with Crippen LogP contribution in [0.3, 0.4) is 0 Å². The van der Waals surface area contributed by atoms with Gasteiger partial charge in [-0.2, -0.15) is 0 Å². The minimum absolute atomic E-state index is 0.126. The van der Waals surface area contributed by atoms with Crippen LogP contribution in [0.5, 0.6) is 0 Å². The monoisotopic (exact) mass is 329 g/mol. The van der Waals surface area contributed by atoms with Gasteiger partial charge < -0.3 is 15.4 Å². The smallest absolute Gasteiger partial charge is 0.191 e. The highest BCUT2D eigenvalue weighted by Crippen LogP contribution is 2.16. The summed E-state index contributed by atoms with van der Waals surface area (Å²) < 4.78 is 18.4. The van der Waals surface area contributed by atoms with Crippen LogP contribution in [-0.4, -0.2) is 32.3 Å². The molecule has 1 aromatic rings. The van der Waals surface area contributed by atoms with Crippen LogP contribution in [0.2, 0.25) is 5.02 Å². The van der Waals surface area contributed by atoms with Gasteiger partial charge in [-0.1, -0.05) is 17.7 Å². The van der Waals surface area contributed by atoms with Crippen molar-refractivity contribution in [3.63, 3.8) is 0 Å². The van der Waals surface area contributed by atoms with Crippen molar-refractivity contribution in [2.75, 3.05) is 26.3 Å². The van der Waals surface area contributed by atoms with Crippen molar-refractivity contribution in [2.45, 2.75) is 33.2 Å². The summed E-state index contributed by atoms with van der Waals surface area (Å²) in [6, 6.07) is 4.66. The second kappa shape index (κ2) is 11.3. The molecule has 0 saturated carbocycles. The van der Waals surface area contributed by atoms with E-state index < -0.39 is 5.82 Å². The Morgan fingerprint density at radius 1 is 1.27 bits per heavy atom. The molecule has 22 heavy (non-hydrogen) atoms. The van der Waals surface area contributed by atoms with Crippen molar-refractivity contribution in [3.05, 3.63) is 34.6 Å². The van der Waals surface area contributed by atoms with Crippen LogP contribution in [-0.2, 0) is 11.3 Å². The lowest BCUT2D eigenvalue weighted by atomic mass is 10.2. The molecule has 6 heteroatoms. The molecule has 0 aliphatic carbocycles. The maximum atomic E-state index is 13.1. The lowest BCUT2D eigenvalue weighted by molar-refractivity contribution is 0.143. The molecule has 2 N–H and O–H groups in total. The van der Waals surface area contributed by atoms with Crippen LogP contribution in [0.4, 0.5) is 4.39 Å². The van der Waals surface area contributed by atoms with Gasteiger partial charge in [0, 0.05) is 26.3 Å². The standard InChI is InChI=1S/C16H25ClFN3O/c1-3-19-16(20-9-5-6-10-22-4-2)21-12-13-7-8-15(18)14(17)11-13/h7-8,11H,3-6,9-10,12H2,1-2H3,(H2,19,20,21). The number of unbranched alkanes of at least 4 members (excludes halogenated alkanes) is 1. The normalized spacial score (nSPS) is 11.5. The number of halogens is 2. The summed E-state index contributed by atoms with van der Waals surface area (Å²) in [7, 11) is 0. The summed E-state index contributed by atoms with van der Waals surface area (Å²) in [5, 5.41) is 6.58. The first kappa shape index (κ1) is 18.7. The van der Waals surface area contributed by atoms with E-state index in [1.54, 1.807) is 12.1 Å². The molecule has 0 aliphatic rings. The number of hydrogen-bond donors (Lipinski definition) is 2. The number of hydrogen-bond acceptors (Lipinski definition) is 2. The number of nitrogens with zero attached hydrogens (tertiary/aromatic N) is 1. The second-order valence-corrected chi connectivity index (χ2v) is 5.18. The SMILES string of the molecule is CCNC(=NCc1ccc(F)c(Cl)c1)NCCCCOCC. The number of guanidine groups is 1. The maximum Gasteiger partial charge on any atom is 0.191 e. The molecule has 4 nitrogen and oxygen atoms in total. The molecule has 0 saturated heterocycles. The minimum atomic E-state index is -0.409. The summed E-state index contributed by atoms with van der Waals surface area (Å²) >= 11 is 5.77. The van der Waals surface area contributed by atoms with Crippen molar-refractivity contribution >= 4 is 17.6 Å². The van der Waals surface area contributed by atoms with Gasteiger partial charge in [-0.3, -0.25) is 0 Å². The molecule has 124 valence electrons. The molecule has 0 atom stereocenters. The fourth-order valence-corrected chi connectivity index (χ4v) is 2.03. The van der Waals surface area contributed by atoms with E-state index in [2.05, 4.69) is 15.6 Å². The number of rotatable bonds is 9. The Morgan fingerprint density at radius 2 is 2.09 bits per heavy atom. The summed E-state index contributed by atoms with van der Waals surface area (Å²) in [4.78, 5) is 4.47. The number of nitrogens with one attached hydrogen (secondary N) is 2. The molecule has 1 rings (SSSR count). The van der Waals surface area contributed by atoms with Gasteiger partial charge in [0.2, 0.25) is 0 Å².